The third-order valence-electron chi connectivity index (χ3n) is 4.70. The van der Waals surface area contributed by atoms with Crippen molar-refractivity contribution >= 4 is 0 Å². The first-order valence-corrected chi connectivity index (χ1v) is 9.75. The fourth-order valence-corrected chi connectivity index (χ4v) is 3.24. The summed E-state index contributed by atoms with van der Waals surface area (Å²) in [6.45, 7) is 2.29. The number of aromatic nitrogens is 3. The first-order chi connectivity index (χ1) is 15.1. The van der Waals surface area contributed by atoms with Crippen LogP contribution in [0, 0.1) is 11.3 Å². The molecule has 0 unspecified atom stereocenters. The van der Waals surface area contributed by atoms with E-state index >= 15 is 0 Å². The van der Waals surface area contributed by atoms with Crippen LogP contribution in [0.5, 0.6) is 17.2 Å². The second-order valence-electron chi connectivity index (χ2n) is 6.79. The predicted molar refractivity (Wildman–Crippen MR) is 117 cm³/mol. The summed E-state index contributed by atoms with van der Waals surface area (Å²) in [6.07, 6.45) is 5.17. The number of hydrogen-bond donors (Lipinski definition) is 0. The monoisotopic (exact) mass is 412 g/mol. The molecule has 0 bridgehead atoms. The van der Waals surface area contributed by atoms with Crippen LogP contribution in [-0.4, -0.2) is 21.0 Å². The van der Waals surface area contributed by atoms with Gasteiger partial charge < -0.3 is 14.0 Å². The summed E-state index contributed by atoms with van der Waals surface area (Å²) in [4.78, 5) is 12.0. The lowest BCUT2D eigenvalue weighted by molar-refractivity contribution is 0.340. The number of nitriles is 1. The van der Waals surface area contributed by atoms with E-state index in [1.807, 2.05) is 37.3 Å². The Kier molecular flexibility index (Phi) is 5.54. The minimum atomic E-state index is -0.159. The molecule has 4 rings (SSSR count). The van der Waals surface area contributed by atoms with E-state index in [1.54, 1.807) is 48.5 Å². The Morgan fingerprint density at radius 3 is 2.61 bits per heavy atom. The SMILES string of the molecule is CCOc1cc(=O)n(C)cc1-c1cnn(-c2c(C#N)cccc2Oc2ccccc2)c1. The lowest BCUT2D eigenvalue weighted by Gasteiger charge is -2.13. The zero-order valence-corrected chi connectivity index (χ0v) is 17.1. The predicted octanol–water partition coefficient (Wildman–Crippen LogP) is 4.30. The van der Waals surface area contributed by atoms with Crippen molar-refractivity contribution in [1.82, 2.24) is 14.3 Å². The van der Waals surface area contributed by atoms with E-state index in [0.717, 1.165) is 11.1 Å². The van der Waals surface area contributed by atoms with Gasteiger partial charge in [-0.25, -0.2) is 4.68 Å². The van der Waals surface area contributed by atoms with Crippen molar-refractivity contribution in [3.63, 3.8) is 0 Å². The standard InChI is InChI=1S/C24H20N4O3/c1-3-30-22-12-23(29)27(2)16-20(22)18-14-26-28(15-18)24-17(13-25)8-7-11-21(24)31-19-9-5-4-6-10-19/h4-12,14-16H,3H2,1-2H3. The molecule has 0 amide bonds. The molecular formula is C24H20N4O3. The number of aryl methyl sites for hydroxylation is 1. The molecule has 31 heavy (non-hydrogen) atoms. The summed E-state index contributed by atoms with van der Waals surface area (Å²) in [6, 6.07) is 18.3. The summed E-state index contributed by atoms with van der Waals surface area (Å²) in [5.41, 5.74) is 2.28. The molecule has 0 aliphatic carbocycles. The zero-order chi connectivity index (χ0) is 21.8. The van der Waals surface area contributed by atoms with Crippen molar-refractivity contribution in [2.75, 3.05) is 6.61 Å². The minimum absolute atomic E-state index is 0.159. The first kappa shape index (κ1) is 20.0. The Hall–Kier alpha value is -4.31. The van der Waals surface area contributed by atoms with E-state index in [4.69, 9.17) is 9.47 Å². The van der Waals surface area contributed by atoms with Gasteiger partial charge in [-0.2, -0.15) is 10.4 Å². The number of rotatable bonds is 6. The van der Waals surface area contributed by atoms with E-state index < -0.39 is 0 Å². The highest BCUT2D eigenvalue weighted by molar-refractivity contribution is 5.69. The Morgan fingerprint density at radius 2 is 1.87 bits per heavy atom. The smallest absolute Gasteiger partial charge is 0.254 e. The number of hydrogen-bond acceptors (Lipinski definition) is 5. The number of pyridine rings is 1. The van der Waals surface area contributed by atoms with Crippen LogP contribution < -0.4 is 15.0 Å². The molecule has 2 heterocycles. The normalized spacial score (nSPS) is 10.5. The lowest BCUT2D eigenvalue weighted by Crippen LogP contribution is -2.15. The van der Waals surface area contributed by atoms with Crippen LogP contribution >= 0.6 is 0 Å². The molecule has 7 heteroatoms. The van der Waals surface area contributed by atoms with Crippen LogP contribution in [0.15, 0.2) is 78.0 Å². The van der Waals surface area contributed by atoms with Crippen molar-refractivity contribution in [3.8, 4) is 40.1 Å². The maximum absolute atomic E-state index is 12.0. The van der Waals surface area contributed by atoms with Crippen molar-refractivity contribution in [3.05, 3.63) is 89.1 Å². The third kappa shape index (κ3) is 4.05. The van der Waals surface area contributed by atoms with Gasteiger partial charge >= 0.3 is 0 Å². The highest BCUT2D eigenvalue weighted by Crippen LogP contribution is 2.33. The van der Waals surface area contributed by atoms with Gasteiger partial charge in [0.25, 0.3) is 5.56 Å². The highest BCUT2D eigenvalue weighted by Gasteiger charge is 2.17. The fraction of sp³-hybridized carbons (Fsp3) is 0.125. The summed E-state index contributed by atoms with van der Waals surface area (Å²) in [7, 11) is 1.68. The van der Waals surface area contributed by atoms with Gasteiger partial charge in [0.05, 0.1) is 18.4 Å². The van der Waals surface area contributed by atoms with Gasteiger partial charge in [0.15, 0.2) is 5.75 Å². The molecule has 0 aliphatic rings. The molecule has 2 aromatic carbocycles. The van der Waals surface area contributed by atoms with Crippen LogP contribution in [0.25, 0.3) is 16.8 Å². The molecule has 0 saturated heterocycles. The third-order valence-corrected chi connectivity index (χ3v) is 4.70. The van der Waals surface area contributed by atoms with Crippen LogP contribution in [0.3, 0.4) is 0 Å². The summed E-state index contributed by atoms with van der Waals surface area (Å²) in [5, 5.41) is 14.1. The Balaban J connectivity index is 1.81. The molecule has 0 atom stereocenters. The van der Waals surface area contributed by atoms with Gasteiger partial charge in [0.2, 0.25) is 0 Å². The topological polar surface area (TPSA) is 82.1 Å². The molecular weight excluding hydrogens is 392 g/mol. The van der Waals surface area contributed by atoms with E-state index in [-0.39, 0.29) is 5.56 Å². The van der Waals surface area contributed by atoms with Gasteiger partial charge in [-0.3, -0.25) is 4.79 Å². The first-order valence-electron chi connectivity index (χ1n) is 9.75. The average molecular weight is 412 g/mol. The zero-order valence-electron chi connectivity index (χ0n) is 17.1. The maximum Gasteiger partial charge on any atom is 0.254 e. The second kappa shape index (κ2) is 8.59. The van der Waals surface area contributed by atoms with Gasteiger partial charge in [-0.1, -0.05) is 24.3 Å². The molecule has 0 fully saturated rings. The Morgan fingerprint density at radius 1 is 1.06 bits per heavy atom. The number of para-hydroxylation sites is 2. The lowest BCUT2D eigenvalue weighted by atomic mass is 10.1. The quantitative estimate of drug-likeness (QED) is 0.472. The number of ether oxygens (including phenoxy) is 2. The molecule has 154 valence electrons. The van der Waals surface area contributed by atoms with Crippen molar-refractivity contribution in [2.45, 2.75) is 6.92 Å². The molecule has 7 nitrogen and oxygen atoms in total. The van der Waals surface area contributed by atoms with Gasteiger partial charge in [-0.05, 0) is 31.2 Å². The molecule has 4 aromatic rings. The van der Waals surface area contributed by atoms with Crippen molar-refractivity contribution < 1.29 is 9.47 Å². The Bertz CT molecular complexity index is 1320. The largest absolute Gasteiger partial charge is 0.493 e. The van der Waals surface area contributed by atoms with Gasteiger partial charge in [-0.15, -0.1) is 0 Å². The van der Waals surface area contributed by atoms with Crippen molar-refractivity contribution in [2.24, 2.45) is 7.05 Å². The van der Waals surface area contributed by atoms with E-state index in [0.29, 0.717) is 35.1 Å². The maximum atomic E-state index is 12.0. The summed E-state index contributed by atoms with van der Waals surface area (Å²) >= 11 is 0. The Labute approximate surface area is 179 Å². The van der Waals surface area contributed by atoms with E-state index in [2.05, 4.69) is 11.2 Å². The van der Waals surface area contributed by atoms with E-state index in [9.17, 15) is 10.1 Å². The molecule has 2 aromatic heterocycles. The number of nitrogens with zero attached hydrogens (tertiary/aromatic N) is 4. The van der Waals surface area contributed by atoms with Gasteiger partial charge in [0, 0.05) is 36.6 Å². The summed E-state index contributed by atoms with van der Waals surface area (Å²) < 4.78 is 14.8. The van der Waals surface area contributed by atoms with E-state index in [1.165, 1.54) is 10.6 Å². The van der Waals surface area contributed by atoms with Crippen molar-refractivity contribution in [1.29, 1.82) is 5.26 Å². The minimum Gasteiger partial charge on any atom is -0.493 e. The highest BCUT2D eigenvalue weighted by atomic mass is 16.5. The summed E-state index contributed by atoms with van der Waals surface area (Å²) in [5.74, 6) is 1.65. The molecule has 0 saturated carbocycles. The second-order valence-corrected chi connectivity index (χ2v) is 6.79. The average Bonchev–Trinajstić information content (AvgIpc) is 3.26. The van der Waals surface area contributed by atoms with Gasteiger partial charge in [0.1, 0.15) is 23.3 Å². The van der Waals surface area contributed by atoms with Crippen LogP contribution in [0.2, 0.25) is 0 Å². The molecule has 0 radical (unpaired) electrons. The van der Waals surface area contributed by atoms with Crippen LogP contribution in [-0.2, 0) is 7.05 Å². The van der Waals surface area contributed by atoms with Crippen LogP contribution in [0.1, 0.15) is 12.5 Å². The molecule has 0 aliphatic heterocycles. The molecule has 0 spiro atoms. The number of benzene rings is 2. The fourth-order valence-electron chi connectivity index (χ4n) is 3.24. The molecule has 0 N–H and O–H groups in total. The van der Waals surface area contributed by atoms with Crippen LogP contribution in [0.4, 0.5) is 0 Å².